The number of hydrogen-bond donors (Lipinski definition) is 0. The third-order valence-electron chi connectivity index (χ3n) is 2.74. The largest absolute Gasteiger partial charge is 0.461 e. The normalized spacial score (nSPS) is 10.6. The van der Waals surface area contributed by atoms with E-state index in [1.807, 2.05) is 30.5 Å². The molecule has 0 aliphatic carbocycles. The molecule has 0 spiro atoms. The first kappa shape index (κ1) is 15.2. The second-order valence-electron chi connectivity index (χ2n) is 4.23. The molecule has 1 aromatic heterocycles. The van der Waals surface area contributed by atoms with Crippen LogP contribution in [0.4, 0.5) is 0 Å². The van der Waals surface area contributed by atoms with Gasteiger partial charge in [-0.15, -0.1) is 0 Å². The number of nitrogens with zero attached hydrogens (tertiary/aromatic N) is 1. The van der Waals surface area contributed by atoms with E-state index < -0.39 is 0 Å². The van der Waals surface area contributed by atoms with Crippen LogP contribution in [-0.4, -0.2) is 17.1 Å². The Morgan fingerprint density at radius 3 is 2.65 bits per heavy atom. The van der Waals surface area contributed by atoms with Gasteiger partial charge in [0, 0.05) is 16.4 Å². The minimum Gasteiger partial charge on any atom is -0.461 e. The van der Waals surface area contributed by atoms with Crippen LogP contribution < -0.4 is 0 Å². The highest BCUT2D eigenvalue weighted by molar-refractivity contribution is 7.73. The number of aromatic nitrogens is 1. The molecule has 0 radical (unpaired) electrons. The molecule has 0 aliphatic heterocycles. The molecule has 1 aromatic carbocycles. The lowest BCUT2D eigenvalue weighted by molar-refractivity contribution is 0.0509. The number of hydrogen-bond acceptors (Lipinski definition) is 4. The molecular weight excluding hydrogens is 314 g/mol. The van der Waals surface area contributed by atoms with Crippen molar-refractivity contribution in [1.29, 1.82) is 0 Å². The van der Waals surface area contributed by atoms with Crippen LogP contribution in [0, 0.1) is 10.9 Å². The third-order valence-corrected chi connectivity index (χ3v) is 4.45. The van der Waals surface area contributed by atoms with Crippen molar-refractivity contribution in [3.8, 4) is 5.69 Å². The molecule has 0 unspecified atom stereocenters. The molecule has 20 heavy (non-hydrogen) atoms. The Labute approximate surface area is 131 Å². The highest BCUT2D eigenvalue weighted by atomic mass is 35.5. The molecule has 0 N–H and O–H groups in total. The van der Waals surface area contributed by atoms with Crippen LogP contribution in [0.5, 0.6) is 0 Å². The fraction of sp³-hybridized carbons (Fsp3) is 0.286. The van der Waals surface area contributed by atoms with Gasteiger partial charge in [-0.1, -0.05) is 29.9 Å². The summed E-state index contributed by atoms with van der Waals surface area (Å²) in [5.74, 6) is -0.312. The standard InChI is InChI=1S/C14H14ClNO2S2/c1-3-8-18-13(17)12-9(2)16(14(19)20-12)11-6-4-10(15)5-7-11/h4-7H,3,8H2,1-2H3. The van der Waals surface area contributed by atoms with Crippen LogP contribution >= 0.6 is 35.2 Å². The van der Waals surface area contributed by atoms with Crippen LogP contribution in [0.2, 0.25) is 5.02 Å². The van der Waals surface area contributed by atoms with E-state index in [2.05, 4.69) is 0 Å². The molecule has 106 valence electrons. The van der Waals surface area contributed by atoms with Crippen molar-refractivity contribution in [3.05, 3.63) is 43.8 Å². The molecule has 0 fully saturated rings. The first-order valence-corrected chi connectivity index (χ1v) is 7.80. The van der Waals surface area contributed by atoms with Crippen molar-refractivity contribution in [3.63, 3.8) is 0 Å². The fourth-order valence-electron chi connectivity index (χ4n) is 1.78. The zero-order chi connectivity index (χ0) is 14.7. The Bertz CT molecular complexity index is 673. The van der Waals surface area contributed by atoms with Crippen LogP contribution in [0.1, 0.15) is 28.7 Å². The van der Waals surface area contributed by atoms with E-state index in [-0.39, 0.29) is 5.97 Å². The van der Waals surface area contributed by atoms with E-state index in [1.54, 1.807) is 12.1 Å². The van der Waals surface area contributed by atoms with E-state index in [4.69, 9.17) is 28.6 Å². The molecule has 2 rings (SSSR count). The molecule has 3 nitrogen and oxygen atoms in total. The van der Waals surface area contributed by atoms with Gasteiger partial charge in [-0.3, -0.25) is 4.57 Å². The Morgan fingerprint density at radius 1 is 1.40 bits per heavy atom. The van der Waals surface area contributed by atoms with Crippen LogP contribution in [-0.2, 0) is 4.74 Å². The predicted molar refractivity (Wildman–Crippen MR) is 84.8 cm³/mol. The van der Waals surface area contributed by atoms with Crippen molar-refractivity contribution in [2.45, 2.75) is 20.3 Å². The summed E-state index contributed by atoms with van der Waals surface area (Å²) in [6.07, 6.45) is 0.800. The van der Waals surface area contributed by atoms with Crippen LogP contribution in [0.15, 0.2) is 24.3 Å². The number of carbonyl (C=O) groups excluding carboxylic acids is 1. The molecule has 2 aromatic rings. The predicted octanol–water partition coefficient (Wildman–Crippen LogP) is 4.80. The van der Waals surface area contributed by atoms with Gasteiger partial charge < -0.3 is 4.74 Å². The van der Waals surface area contributed by atoms with Crippen molar-refractivity contribution in [2.75, 3.05) is 6.61 Å². The quantitative estimate of drug-likeness (QED) is 0.597. The van der Waals surface area contributed by atoms with Gasteiger partial charge in [-0.25, -0.2) is 4.79 Å². The minimum absolute atomic E-state index is 0.312. The first-order valence-electron chi connectivity index (χ1n) is 6.20. The fourth-order valence-corrected chi connectivity index (χ4v) is 3.29. The van der Waals surface area contributed by atoms with Gasteiger partial charge in [0.15, 0.2) is 3.95 Å². The number of ether oxygens (including phenoxy) is 1. The lowest BCUT2D eigenvalue weighted by Gasteiger charge is -2.07. The average molecular weight is 328 g/mol. The molecule has 0 amide bonds. The first-order chi connectivity index (χ1) is 9.54. The van der Waals surface area contributed by atoms with E-state index >= 15 is 0 Å². The van der Waals surface area contributed by atoms with E-state index in [0.717, 1.165) is 17.8 Å². The molecule has 0 saturated heterocycles. The highest BCUT2D eigenvalue weighted by Gasteiger charge is 2.18. The summed E-state index contributed by atoms with van der Waals surface area (Å²) in [5.41, 5.74) is 1.69. The van der Waals surface area contributed by atoms with Gasteiger partial charge >= 0.3 is 5.97 Å². The minimum atomic E-state index is -0.312. The molecular formula is C14H14ClNO2S2. The van der Waals surface area contributed by atoms with Gasteiger partial charge in [-0.05, 0) is 49.8 Å². The van der Waals surface area contributed by atoms with Gasteiger partial charge in [0.2, 0.25) is 0 Å². The SMILES string of the molecule is CCCOC(=O)c1sc(=S)n(-c2ccc(Cl)cc2)c1C. The van der Waals surface area contributed by atoms with Crippen molar-refractivity contribution < 1.29 is 9.53 Å². The maximum Gasteiger partial charge on any atom is 0.350 e. The lowest BCUT2D eigenvalue weighted by Crippen LogP contribution is -2.07. The van der Waals surface area contributed by atoms with Gasteiger partial charge in [0.1, 0.15) is 4.88 Å². The Kier molecular flexibility index (Phi) is 4.96. The number of carbonyl (C=O) groups is 1. The van der Waals surface area contributed by atoms with E-state index in [0.29, 0.717) is 20.5 Å². The number of esters is 1. The molecule has 1 heterocycles. The zero-order valence-corrected chi connectivity index (χ0v) is 13.6. The number of rotatable bonds is 4. The van der Waals surface area contributed by atoms with Crippen LogP contribution in [0.25, 0.3) is 5.69 Å². The summed E-state index contributed by atoms with van der Waals surface area (Å²) in [7, 11) is 0. The molecule has 6 heteroatoms. The summed E-state index contributed by atoms with van der Waals surface area (Å²) in [6.45, 7) is 4.24. The highest BCUT2D eigenvalue weighted by Crippen LogP contribution is 2.25. The smallest absolute Gasteiger partial charge is 0.350 e. The molecule has 0 atom stereocenters. The summed E-state index contributed by atoms with van der Waals surface area (Å²) < 4.78 is 7.65. The second kappa shape index (κ2) is 6.52. The topological polar surface area (TPSA) is 31.2 Å². The zero-order valence-electron chi connectivity index (χ0n) is 11.2. The van der Waals surface area contributed by atoms with Gasteiger partial charge in [0.25, 0.3) is 0 Å². The van der Waals surface area contributed by atoms with E-state index in [9.17, 15) is 4.79 Å². The molecule has 0 saturated carbocycles. The average Bonchev–Trinajstić information content (AvgIpc) is 2.73. The Hall–Kier alpha value is -1.17. The summed E-state index contributed by atoms with van der Waals surface area (Å²) in [4.78, 5) is 12.5. The van der Waals surface area contributed by atoms with Crippen molar-refractivity contribution >= 4 is 41.1 Å². The maximum atomic E-state index is 12.0. The Balaban J connectivity index is 2.41. The maximum absolute atomic E-state index is 12.0. The third kappa shape index (κ3) is 3.11. The van der Waals surface area contributed by atoms with E-state index in [1.165, 1.54) is 11.3 Å². The lowest BCUT2D eigenvalue weighted by atomic mass is 10.3. The summed E-state index contributed by atoms with van der Waals surface area (Å²) in [6, 6.07) is 7.34. The van der Waals surface area contributed by atoms with Gasteiger partial charge in [-0.2, -0.15) is 0 Å². The van der Waals surface area contributed by atoms with Gasteiger partial charge in [0.05, 0.1) is 6.61 Å². The Morgan fingerprint density at radius 2 is 2.05 bits per heavy atom. The number of thiazole rings is 1. The molecule has 0 aliphatic rings. The summed E-state index contributed by atoms with van der Waals surface area (Å²) >= 11 is 12.5. The summed E-state index contributed by atoms with van der Waals surface area (Å²) in [5, 5.41) is 0.663. The van der Waals surface area contributed by atoms with Crippen molar-refractivity contribution in [1.82, 2.24) is 4.57 Å². The number of halogens is 1. The number of benzene rings is 1. The van der Waals surface area contributed by atoms with Crippen molar-refractivity contribution in [2.24, 2.45) is 0 Å². The second-order valence-corrected chi connectivity index (χ2v) is 6.31. The molecule has 0 bridgehead atoms. The monoisotopic (exact) mass is 327 g/mol. The van der Waals surface area contributed by atoms with Crippen LogP contribution in [0.3, 0.4) is 0 Å².